The van der Waals surface area contributed by atoms with Gasteiger partial charge in [-0.1, -0.05) is 48.0 Å². The van der Waals surface area contributed by atoms with Crippen molar-refractivity contribution in [3.05, 3.63) is 94.5 Å². The second-order valence-corrected chi connectivity index (χ2v) is 10.5. The van der Waals surface area contributed by atoms with Gasteiger partial charge in [0, 0.05) is 11.6 Å². The first-order chi connectivity index (χ1) is 17.6. The number of ether oxygens (including phenoxy) is 1. The molecule has 0 aliphatic carbocycles. The van der Waals surface area contributed by atoms with Crippen LogP contribution in [-0.2, 0) is 26.2 Å². The third-order valence-corrected chi connectivity index (χ3v) is 6.47. The quantitative estimate of drug-likeness (QED) is 0.285. The third kappa shape index (κ3) is 8.93. The van der Waals surface area contributed by atoms with Crippen molar-refractivity contribution in [3.8, 4) is 5.75 Å². The number of nitrogens with zero attached hydrogens (tertiary/aromatic N) is 2. The Labute approximate surface area is 221 Å². The van der Waals surface area contributed by atoms with Gasteiger partial charge in [-0.25, -0.2) is 13.8 Å². The monoisotopic (exact) mass is 542 g/mol. The van der Waals surface area contributed by atoms with Gasteiger partial charge < -0.3 is 10.1 Å². The standard InChI is InChI=1S/C26H27ClN4O5S/c1-19-8-11-22(27)14-24(19)31(37(2,34)35)17-25(32)30-29-16-21-9-12-23(13-10-21)36-18-26(33)28-15-20-6-4-3-5-7-20/h3-14,16H,15,17-18H2,1-2H3,(H,28,33)(H,30,32)/b29-16-. The van der Waals surface area contributed by atoms with Gasteiger partial charge in [0.1, 0.15) is 12.3 Å². The number of sulfonamides is 1. The normalized spacial score (nSPS) is 11.2. The van der Waals surface area contributed by atoms with E-state index in [0.29, 0.717) is 34.1 Å². The number of aryl methyl sites for hydroxylation is 1. The van der Waals surface area contributed by atoms with Crippen LogP contribution in [0.15, 0.2) is 77.9 Å². The van der Waals surface area contributed by atoms with Crippen LogP contribution in [0, 0.1) is 6.92 Å². The molecule has 0 fully saturated rings. The lowest BCUT2D eigenvalue weighted by Crippen LogP contribution is -2.39. The Morgan fingerprint density at radius 3 is 2.41 bits per heavy atom. The van der Waals surface area contributed by atoms with E-state index in [1.165, 1.54) is 12.3 Å². The maximum Gasteiger partial charge on any atom is 0.260 e. The average Bonchev–Trinajstić information content (AvgIpc) is 2.87. The first-order valence-electron chi connectivity index (χ1n) is 11.2. The number of halogens is 1. The Morgan fingerprint density at radius 2 is 1.73 bits per heavy atom. The number of hydrogen-bond acceptors (Lipinski definition) is 6. The van der Waals surface area contributed by atoms with Gasteiger partial charge in [-0.15, -0.1) is 0 Å². The largest absolute Gasteiger partial charge is 0.484 e. The fraction of sp³-hybridized carbons (Fsp3) is 0.192. The molecule has 0 spiro atoms. The van der Waals surface area contributed by atoms with E-state index in [0.717, 1.165) is 16.1 Å². The summed E-state index contributed by atoms with van der Waals surface area (Å²) >= 11 is 6.01. The molecule has 11 heteroatoms. The average molecular weight is 543 g/mol. The molecule has 0 bridgehead atoms. The van der Waals surface area contributed by atoms with Crippen molar-refractivity contribution < 1.29 is 22.7 Å². The summed E-state index contributed by atoms with van der Waals surface area (Å²) in [6, 6.07) is 21.1. The number of benzene rings is 3. The Hall–Kier alpha value is -3.89. The van der Waals surface area contributed by atoms with E-state index in [1.54, 1.807) is 43.3 Å². The van der Waals surface area contributed by atoms with E-state index in [9.17, 15) is 18.0 Å². The molecule has 3 aromatic carbocycles. The molecular formula is C26H27ClN4O5S. The Kier molecular flexibility index (Phi) is 9.64. The van der Waals surface area contributed by atoms with Gasteiger partial charge in [0.25, 0.3) is 11.8 Å². The Bertz CT molecular complexity index is 1360. The van der Waals surface area contributed by atoms with E-state index in [4.69, 9.17) is 16.3 Å². The van der Waals surface area contributed by atoms with Crippen molar-refractivity contribution in [1.29, 1.82) is 0 Å². The van der Waals surface area contributed by atoms with Crippen LogP contribution < -0.4 is 19.8 Å². The smallest absolute Gasteiger partial charge is 0.260 e. The van der Waals surface area contributed by atoms with Crippen molar-refractivity contribution in [3.63, 3.8) is 0 Å². The maximum absolute atomic E-state index is 12.4. The van der Waals surface area contributed by atoms with Crippen molar-refractivity contribution >= 4 is 45.3 Å². The minimum atomic E-state index is -3.74. The molecule has 3 aromatic rings. The molecule has 0 saturated carbocycles. The van der Waals surface area contributed by atoms with E-state index in [2.05, 4.69) is 15.8 Å². The van der Waals surface area contributed by atoms with Crippen molar-refractivity contribution in [1.82, 2.24) is 10.7 Å². The van der Waals surface area contributed by atoms with E-state index >= 15 is 0 Å². The summed E-state index contributed by atoms with van der Waals surface area (Å²) in [4.78, 5) is 24.4. The van der Waals surface area contributed by atoms with Gasteiger partial charge in [0.15, 0.2) is 6.61 Å². The number of anilines is 1. The maximum atomic E-state index is 12.4. The third-order valence-electron chi connectivity index (χ3n) is 5.11. The van der Waals surface area contributed by atoms with Gasteiger partial charge in [0.2, 0.25) is 10.0 Å². The molecule has 0 unspecified atom stereocenters. The molecule has 9 nitrogen and oxygen atoms in total. The zero-order valence-corrected chi connectivity index (χ0v) is 21.9. The SMILES string of the molecule is Cc1ccc(Cl)cc1N(CC(=O)N/N=C\c1ccc(OCC(=O)NCc2ccccc2)cc1)S(C)(=O)=O. The van der Waals surface area contributed by atoms with Crippen molar-refractivity contribution in [2.75, 3.05) is 23.7 Å². The van der Waals surface area contributed by atoms with Gasteiger partial charge in [-0.2, -0.15) is 5.10 Å². The highest BCUT2D eigenvalue weighted by molar-refractivity contribution is 7.92. The van der Waals surface area contributed by atoms with Gasteiger partial charge in [-0.3, -0.25) is 13.9 Å². The molecule has 0 aromatic heterocycles. The number of nitrogens with one attached hydrogen (secondary N) is 2. The van der Waals surface area contributed by atoms with Crippen LogP contribution in [-0.4, -0.2) is 45.9 Å². The predicted octanol–water partition coefficient (Wildman–Crippen LogP) is 3.26. The van der Waals surface area contributed by atoms with Crippen LogP contribution in [0.2, 0.25) is 5.02 Å². The number of carbonyl (C=O) groups is 2. The molecule has 37 heavy (non-hydrogen) atoms. The molecule has 0 heterocycles. The number of amides is 2. The number of hydrogen-bond donors (Lipinski definition) is 2. The summed E-state index contributed by atoms with van der Waals surface area (Å²) in [6.45, 7) is 1.56. The van der Waals surface area contributed by atoms with Crippen molar-refractivity contribution in [2.45, 2.75) is 13.5 Å². The van der Waals surface area contributed by atoms with Gasteiger partial charge in [0.05, 0.1) is 18.2 Å². The van der Waals surface area contributed by atoms with Crippen LogP contribution in [0.5, 0.6) is 5.75 Å². The number of rotatable bonds is 11. The highest BCUT2D eigenvalue weighted by Gasteiger charge is 2.22. The van der Waals surface area contributed by atoms with E-state index < -0.39 is 22.5 Å². The number of carbonyl (C=O) groups excluding carboxylic acids is 2. The molecule has 0 saturated heterocycles. The van der Waals surface area contributed by atoms with Crippen LogP contribution in [0.1, 0.15) is 16.7 Å². The molecule has 2 amide bonds. The predicted molar refractivity (Wildman–Crippen MR) is 144 cm³/mol. The molecule has 0 radical (unpaired) electrons. The lowest BCUT2D eigenvalue weighted by Gasteiger charge is -2.23. The Morgan fingerprint density at radius 1 is 1.03 bits per heavy atom. The van der Waals surface area contributed by atoms with Gasteiger partial charge >= 0.3 is 0 Å². The van der Waals surface area contributed by atoms with E-state index in [1.807, 2.05) is 30.3 Å². The lowest BCUT2D eigenvalue weighted by molar-refractivity contribution is -0.123. The minimum absolute atomic E-state index is 0.126. The first kappa shape index (κ1) is 27.7. The minimum Gasteiger partial charge on any atom is -0.484 e. The van der Waals surface area contributed by atoms with Crippen LogP contribution >= 0.6 is 11.6 Å². The number of hydrazone groups is 1. The highest BCUT2D eigenvalue weighted by Crippen LogP contribution is 2.26. The van der Waals surface area contributed by atoms with Gasteiger partial charge in [-0.05, 0) is 60.0 Å². The van der Waals surface area contributed by atoms with E-state index in [-0.39, 0.29) is 12.5 Å². The zero-order valence-electron chi connectivity index (χ0n) is 20.3. The van der Waals surface area contributed by atoms with Crippen molar-refractivity contribution in [2.24, 2.45) is 5.10 Å². The fourth-order valence-corrected chi connectivity index (χ4v) is 4.30. The molecule has 0 aliphatic rings. The molecule has 194 valence electrons. The Balaban J connectivity index is 1.49. The zero-order chi connectivity index (χ0) is 26.8. The molecule has 0 aliphatic heterocycles. The molecular weight excluding hydrogens is 516 g/mol. The summed E-state index contributed by atoms with van der Waals surface area (Å²) in [5, 5.41) is 7.03. The summed E-state index contributed by atoms with van der Waals surface area (Å²) < 4.78 is 31.0. The summed E-state index contributed by atoms with van der Waals surface area (Å²) in [5.41, 5.74) is 4.95. The fourth-order valence-electron chi connectivity index (χ4n) is 3.22. The molecule has 3 rings (SSSR count). The summed E-state index contributed by atoms with van der Waals surface area (Å²) in [7, 11) is -3.74. The molecule has 0 atom stereocenters. The van der Waals surface area contributed by atoms with Crippen LogP contribution in [0.4, 0.5) is 5.69 Å². The molecule has 2 N–H and O–H groups in total. The lowest BCUT2D eigenvalue weighted by atomic mass is 10.2. The first-order valence-corrected chi connectivity index (χ1v) is 13.4. The topological polar surface area (TPSA) is 117 Å². The van der Waals surface area contributed by atoms with Crippen LogP contribution in [0.3, 0.4) is 0 Å². The highest BCUT2D eigenvalue weighted by atomic mass is 35.5. The second kappa shape index (κ2) is 12.9. The summed E-state index contributed by atoms with van der Waals surface area (Å²) in [6.07, 6.45) is 2.42. The summed E-state index contributed by atoms with van der Waals surface area (Å²) in [5.74, 6) is -0.368. The van der Waals surface area contributed by atoms with Crippen LogP contribution in [0.25, 0.3) is 0 Å². The second-order valence-electron chi connectivity index (χ2n) is 8.11.